The van der Waals surface area contributed by atoms with E-state index in [4.69, 9.17) is 0 Å². The summed E-state index contributed by atoms with van der Waals surface area (Å²) < 4.78 is 0. The number of allylic oxidation sites excluding steroid dienone is 1. The normalized spacial score (nSPS) is 11.0. The summed E-state index contributed by atoms with van der Waals surface area (Å²) >= 11 is 0. The average Bonchev–Trinajstić information content (AvgIpc) is 2.14. The SMILES string of the molecule is O=C/C=C\N=C\c1ccccn1. The average molecular weight is 160 g/mol. The first-order chi connectivity index (χ1) is 5.93. The number of hydrogen-bond acceptors (Lipinski definition) is 3. The molecule has 0 spiro atoms. The molecule has 1 aromatic heterocycles. The zero-order chi connectivity index (χ0) is 8.65. The lowest BCUT2D eigenvalue weighted by molar-refractivity contribution is -0.104. The highest BCUT2D eigenvalue weighted by Crippen LogP contribution is 1.88. The van der Waals surface area contributed by atoms with Crippen LogP contribution in [0.25, 0.3) is 0 Å². The molecule has 0 aliphatic heterocycles. The Kier molecular flexibility index (Phi) is 3.44. The molecular weight excluding hydrogens is 152 g/mol. The molecule has 0 unspecified atom stereocenters. The van der Waals surface area contributed by atoms with E-state index in [0.717, 1.165) is 5.69 Å². The predicted molar refractivity (Wildman–Crippen MR) is 47.0 cm³/mol. The number of carbonyl (C=O) groups is 1. The second kappa shape index (κ2) is 4.96. The Morgan fingerprint density at radius 2 is 2.33 bits per heavy atom. The molecular formula is C9H8N2O. The lowest BCUT2D eigenvalue weighted by Crippen LogP contribution is -1.83. The van der Waals surface area contributed by atoms with Crippen molar-refractivity contribution in [1.82, 2.24) is 4.98 Å². The predicted octanol–water partition coefficient (Wildman–Crippen LogP) is 1.21. The third-order valence-electron chi connectivity index (χ3n) is 1.15. The number of aldehydes is 1. The summed E-state index contributed by atoms with van der Waals surface area (Å²) in [7, 11) is 0. The maximum atomic E-state index is 9.84. The van der Waals surface area contributed by atoms with Gasteiger partial charge in [-0.25, -0.2) is 0 Å². The molecule has 1 aromatic rings. The molecule has 0 aliphatic rings. The van der Waals surface area contributed by atoms with Crippen molar-refractivity contribution >= 4 is 12.5 Å². The summed E-state index contributed by atoms with van der Waals surface area (Å²) in [5.74, 6) is 0. The Hall–Kier alpha value is -1.77. The Morgan fingerprint density at radius 1 is 1.42 bits per heavy atom. The maximum absolute atomic E-state index is 9.84. The fourth-order valence-corrected chi connectivity index (χ4v) is 0.657. The van der Waals surface area contributed by atoms with Gasteiger partial charge >= 0.3 is 0 Å². The van der Waals surface area contributed by atoms with E-state index in [1.165, 1.54) is 12.3 Å². The summed E-state index contributed by atoms with van der Waals surface area (Å²) in [5.41, 5.74) is 0.771. The van der Waals surface area contributed by atoms with Gasteiger partial charge in [-0.2, -0.15) is 0 Å². The van der Waals surface area contributed by atoms with Crippen molar-refractivity contribution in [3.8, 4) is 0 Å². The third-order valence-corrected chi connectivity index (χ3v) is 1.15. The van der Waals surface area contributed by atoms with Crippen molar-refractivity contribution in [1.29, 1.82) is 0 Å². The molecule has 0 atom stereocenters. The van der Waals surface area contributed by atoms with Gasteiger partial charge in [0, 0.05) is 12.4 Å². The molecule has 60 valence electrons. The number of carbonyl (C=O) groups excluding carboxylic acids is 1. The summed E-state index contributed by atoms with van der Waals surface area (Å²) in [6, 6.07) is 5.54. The van der Waals surface area contributed by atoms with Crippen LogP contribution in [0.3, 0.4) is 0 Å². The molecule has 0 fully saturated rings. The minimum Gasteiger partial charge on any atom is -0.299 e. The van der Waals surface area contributed by atoms with Gasteiger partial charge in [0.2, 0.25) is 0 Å². The van der Waals surface area contributed by atoms with Crippen molar-refractivity contribution in [2.75, 3.05) is 0 Å². The smallest absolute Gasteiger partial charge is 0.144 e. The second-order valence-electron chi connectivity index (χ2n) is 2.01. The topological polar surface area (TPSA) is 42.3 Å². The van der Waals surface area contributed by atoms with Gasteiger partial charge in [-0.3, -0.25) is 14.8 Å². The van der Waals surface area contributed by atoms with Crippen LogP contribution in [-0.4, -0.2) is 17.5 Å². The minimum atomic E-state index is 0.676. The number of aliphatic imine (C=N–C) groups is 1. The second-order valence-corrected chi connectivity index (χ2v) is 2.01. The van der Waals surface area contributed by atoms with E-state index in [-0.39, 0.29) is 0 Å². The zero-order valence-electron chi connectivity index (χ0n) is 6.42. The van der Waals surface area contributed by atoms with Gasteiger partial charge < -0.3 is 0 Å². The van der Waals surface area contributed by atoms with Crippen LogP contribution in [0.15, 0.2) is 41.7 Å². The quantitative estimate of drug-likeness (QED) is 0.379. The van der Waals surface area contributed by atoms with Crippen molar-refractivity contribution < 1.29 is 4.79 Å². The first kappa shape index (κ1) is 8.33. The molecule has 0 saturated heterocycles. The van der Waals surface area contributed by atoms with E-state index < -0.39 is 0 Å². The van der Waals surface area contributed by atoms with Crippen LogP contribution in [0.4, 0.5) is 0 Å². The fourth-order valence-electron chi connectivity index (χ4n) is 0.657. The molecule has 0 radical (unpaired) electrons. The maximum Gasteiger partial charge on any atom is 0.144 e. The summed E-state index contributed by atoms with van der Waals surface area (Å²) in [5, 5.41) is 0. The Balaban J connectivity index is 2.58. The molecule has 1 heterocycles. The van der Waals surface area contributed by atoms with Gasteiger partial charge in [0.25, 0.3) is 0 Å². The molecule has 3 nitrogen and oxygen atoms in total. The van der Waals surface area contributed by atoms with Crippen LogP contribution in [0.1, 0.15) is 5.69 Å². The Bertz CT molecular complexity index is 291. The highest BCUT2D eigenvalue weighted by molar-refractivity contribution is 5.77. The molecule has 3 heteroatoms. The Labute approximate surface area is 70.5 Å². The minimum absolute atomic E-state index is 0.676. The lowest BCUT2D eigenvalue weighted by atomic mass is 10.4. The van der Waals surface area contributed by atoms with Gasteiger partial charge in [-0.05, 0) is 18.2 Å². The fraction of sp³-hybridized carbons (Fsp3) is 0. The third kappa shape index (κ3) is 2.88. The molecule has 12 heavy (non-hydrogen) atoms. The number of hydrogen-bond donors (Lipinski definition) is 0. The first-order valence-corrected chi connectivity index (χ1v) is 3.48. The van der Waals surface area contributed by atoms with E-state index >= 15 is 0 Å². The first-order valence-electron chi connectivity index (χ1n) is 3.48. The molecule has 0 amide bonds. The van der Waals surface area contributed by atoms with Crippen molar-refractivity contribution in [2.24, 2.45) is 4.99 Å². The highest BCUT2D eigenvalue weighted by atomic mass is 16.1. The van der Waals surface area contributed by atoms with Gasteiger partial charge in [-0.15, -0.1) is 0 Å². The van der Waals surface area contributed by atoms with E-state index in [1.807, 2.05) is 18.2 Å². The lowest BCUT2D eigenvalue weighted by Gasteiger charge is -1.86. The van der Waals surface area contributed by atoms with Crippen LogP contribution in [-0.2, 0) is 4.79 Å². The van der Waals surface area contributed by atoms with Crippen molar-refractivity contribution in [3.05, 3.63) is 42.4 Å². The zero-order valence-corrected chi connectivity index (χ0v) is 6.42. The van der Waals surface area contributed by atoms with Gasteiger partial charge in [0.1, 0.15) is 6.29 Å². The van der Waals surface area contributed by atoms with E-state index in [1.54, 1.807) is 12.4 Å². The van der Waals surface area contributed by atoms with Crippen LogP contribution in [0, 0.1) is 0 Å². The summed E-state index contributed by atoms with van der Waals surface area (Å²) in [6.45, 7) is 0. The van der Waals surface area contributed by atoms with Gasteiger partial charge in [0.15, 0.2) is 0 Å². The molecule has 0 aliphatic carbocycles. The highest BCUT2D eigenvalue weighted by Gasteiger charge is 1.81. The van der Waals surface area contributed by atoms with E-state index in [0.29, 0.717) is 6.29 Å². The van der Waals surface area contributed by atoms with E-state index in [9.17, 15) is 4.79 Å². The monoisotopic (exact) mass is 160 g/mol. The van der Waals surface area contributed by atoms with Crippen molar-refractivity contribution in [3.63, 3.8) is 0 Å². The molecule has 0 N–H and O–H groups in total. The number of aromatic nitrogens is 1. The van der Waals surface area contributed by atoms with Crippen molar-refractivity contribution in [2.45, 2.75) is 0 Å². The number of nitrogens with zero attached hydrogens (tertiary/aromatic N) is 2. The van der Waals surface area contributed by atoms with E-state index in [2.05, 4.69) is 9.98 Å². The molecule has 0 saturated carbocycles. The Morgan fingerprint density at radius 3 is 3.00 bits per heavy atom. The van der Waals surface area contributed by atoms with Crippen LogP contribution in [0.5, 0.6) is 0 Å². The van der Waals surface area contributed by atoms with Crippen LogP contribution in [0.2, 0.25) is 0 Å². The van der Waals surface area contributed by atoms with Gasteiger partial charge in [0.05, 0.1) is 11.9 Å². The number of pyridine rings is 1. The molecule has 0 aromatic carbocycles. The van der Waals surface area contributed by atoms with Gasteiger partial charge in [-0.1, -0.05) is 6.07 Å². The number of rotatable bonds is 3. The van der Waals surface area contributed by atoms with Crippen LogP contribution >= 0.6 is 0 Å². The molecule has 1 rings (SSSR count). The summed E-state index contributed by atoms with van der Waals surface area (Å²) in [6.07, 6.45) is 6.68. The largest absolute Gasteiger partial charge is 0.299 e. The van der Waals surface area contributed by atoms with Crippen LogP contribution < -0.4 is 0 Å². The molecule has 0 bridgehead atoms. The standard InChI is InChI=1S/C9H8N2O/c12-7-3-5-10-8-9-4-1-2-6-11-9/h1-8H/b5-3-,10-8+. The summed E-state index contributed by atoms with van der Waals surface area (Å²) in [4.78, 5) is 17.7.